The van der Waals surface area contributed by atoms with E-state index < -0.39 is 0 Å². The number of aromatic hydroxyl groups is 1. The lowest BCUT2D eigenvalue weighted by Crippen LogP contribution is -2.04. The van der Waals surface area contributed by atoms with Crippen LogP contribution in [0, 0.1) is 0 Å². The maximum atomic E-state index is 11.7. The third-order valence-corrected chi connectivity index (χ3v) is 2.75. The van der Waals surface area contributed by atoms with E-state index in [4.69, 9.17) is 10.5 Å². The van der Waals surface area contributed by atoms with Gasteiger partial charge in [0.05, 0.1) is 17.9 Å². The largest absolute Gasteiger partial charge is 0.505 e. The van der Waals surface area contributed by atoms with Gasteiger partial charge >= 0.3 is 5.97 Å². The quantitative estimate of drug-likeness (QED) is 0.518. The van der Waals surface area contributed by atoms with Crippen molar-refractivity contribution < 1.29 is 14.6 Å². The van der Waals surface area contributed by atoms with Gasteiger partial charge in [-0.2, -0.15) is 0 Å². The molecule has 0 unspecified atom stereocenters. The Kier molecular flexibility index (Phi) is 5.41. The number of phenolic OH excluding ortho intramolecular Hbond substituents is 1. The highest BCUT2D eigenvalue weighted by molar-refractivity contribution is 5.91. The minimum absolute atomic E-state index is 0. The standard InChI is InChI=1S/C15H15NO3.ClH/c1-2-19-15(18)11-6-3-5-10(9-11)12-7-4-8-13(16)14(12)17;/h3-9,17H,2,16H2,1H3;1H. The maximum absolute atomic E-state index is 11.7. The van der Waals surface area contributed by atoms with Crippen LogP contribution in [0.3, 0.4) is 0 Å². The number of ether oxygens (including phenoxy) is 1. The molecule has 0 radical (unpaired) electrons. The number of esters is 1. The molecule has 2 aromatic rings. The number of para-hydroxylation sites is 1. The average molecular weight is 294 g/mol. The van der Waals surface area contributed by atoms with Crippen molar-refractivity contribution in [3.05, 3.63) is 48.0 Å². The molecule has 0 amide bonds. The van der Waals surface area contributed by atoms with Crippen LogP contribution >= 0.6 is 12.4 Å². The number of hydrogen-bond acceptors (Lipinski definition) is 4. The second-order valence-corrected chi connectivity index (χ2v) is 4.04. The number of nitrogens with two attached hydrogens (primary N) is 1. The number of hydrogen-bond donors (Lipinski definition) is 2. The molecular weight excluding hydrogens is 278 g/mol. The molecule has 3 N–H and O–H groups in total. The Morgan fingerprint density at radius 2 is 1.95 bits per heavy atom. The number of carbonyl (C=O) groups is 1. The van der Waals surface area contributed by atoms with Crippen LogP contribution in [0.25, 0.3) is 11.1 Å². The molecule has 0 saturated carbocycles. The predicted molar refractivity (Wildman–Crippen MR) is 81.2 cm³/mol. The topological polar surface area (TPSA) is 72.5 Å². The summed E-state index contributed by atoms with van der Waals surface area (Å²) in [6, 6.07) is 12.0. The van der Waals surface area contributed by atoms with E-state index in [0.29, 0.717) is 23.4 Å². The minimum Gasteiger partial charge on any atom is -0.505 e. The van der Waals surface area contributed by atoms with E-state index in [1.54, 1.807) is 49.4 Å². The van der Waals surface area contributed by atoms with Crippen LogP contribution in [0.5, 0.6) is 5.75 Å². The van der Waals surface area contributed by atoms with Gasteiger partial charge in [0.1, 0.15) is 5.75 Å². The maximum Gasteiger partial charge on any atom is 0.338 e. The van der Waals surface area contributed by atoms with Crippen LogP contribution in [-0.4, -0.2) is 17.7 Å². The van der Waals surface area contributed by atoms with Crippen LogP contribution in [-0.2, 0) is 4.74 Å². The molecule has 5 heteroatoms. The third kappa shape index (κ3) is 3.22. The lowest BCUT2D eigenvalue weighted by Gasteiger charge is -2.08. The minimum atomic E-state index is -0.382. The molecule has 0 aromatic heterocycles. The molecule has 2 rings (SSSR count). The first-order valence-electron chi connectivity index (χ1n) is 5.98. The van der Waals surface area contributed by atoms with E-state index in [1.165, 1.54) is 0 Å². The van der Waals surface area contributed by atoms with Crippen LogP contribution in [0.4, 0.5) is 5.69 Å². The van der Waals surface area contributed by atoms with Gasteiger partial charge in [0.25, 0.3) is 0 Å². The van der Waals surface area contributed by atoms with Crippen molar-refractivity contribution in [2.24, 2.45) is 0 Å². The van der Waals surface area contributed by atoms with Crippen molar-refractivity contribution in [1.82, 2.24) is 0 Å². The second kappa shape index (κ2) is 6.82. The number of carbonyl (C=O) groups excluding carboxylic acids is 1. The summed E-state index contributed by atoms with van der Waals surface area (Å²) in [4.78, 5) is 11.7. The lowest BCUT2D eigenvalue weighted by atomic mass is 10.0. The first-order valence-corrected chi connectivity index (χ1v) is 5.98. The predicted octanol–water partition coefficient (Wildman–Crippen LogP) is 3.24. The van der Waals surface area contributed by atoms with Crippen LogP contribution in [0.15, 0.2) is 42.5 Å². The molecule has 2 aromatic carbocycles. The first kappa shape index (κ1) is 15.9. The van der Waals surface area contributed by atoms with Crippen molar-refractivity contribution in [2.45, 2.75) is 6.92 Å². The molecule has 0 aliphatic rings. The summed E-state index contributed by atoms with van der Waals surface area (Å²) < 4.78 is 4.95. The number of benzene rings is 2. The Morgan fingerprint density at radius 1 is 1.25 bits per heavy atom. The number of anilines is 1. The van der Waals surface area contributed by atoms with Crippen molar-refractivity contribution in [3.8, 4) is 16.9 Å². The van der Waals surface area contributed by atoms with E-state index >= 15 is 0 Å². The molecule has 0 aliphatic heterocycles. The fourth-order valence-electron chi connectivity index (χ4n) is 1.82. The van der Waals surface area contributed by atoms with Crippen molar-refractivity contribution in [1.29, 1.82) is 0 Å². The van der Waals surface area contributed by atoms with Gasteiger partial charge in [-0.1, -0.05) is 24.3 Å². The van der Waals surface area contributed by atoms with Crippen molar-refractivity contribution >= 4 is 24.1 Å². The van der Waals surface area contributed by atoms with E-state index in [-0.39, 0.29) is 24.1 Å². The number of nitrogen functional groups attached to an aromatic ring is 1. The van der Waals surface area contributed by atoms with E-state index in [1.807, 2.05) is 0 Å². The van der Waals surface area contributed by atoms with Gasteiger partial charge in [-0.3, -0.25) is 0 Å². The van der Waals surface area contributed by atoms with Crippen LogP contribution in [0.1, 0.15) is 17.3 Å². The summed E-state index contributed by atoms with van der Waals surface area (Å²) in [6.45, 7) is 2.08. The summed E-state index contributed by atoms with van der Waals surface area (Å²) in [5, 5.41) is 9.94. The monoisotopic (exact) mass is 293 g/mol. The van der Waals surface area contributed by atoms with Gasteiger partial charge in [0.15, 0.2) is 0 Å². The zero-order valence-electron chi connectivity index (χ0n) is 11.0. The lowest BCUT2D eigenvalue weighted by molar-refractivity contribution is 0.0526. The Morgan fingerprint density at radius 3 is 2.65 bits per heavy atom. The second-order valence-electron chi connectivity index (χ2n) is 4.04. The molecule has 4 nitrogen and oxygen atoms in total. The molecule has 0 atom stereocenters. The highest BCUT2D eigenvalue weighted by atomic mass is 35.5. The fourth-order valence-corrected chi connectivity index (χ4v) is 1.82. The third-order valence-electron chi connectivity index (χ3n) is 2.75. The van der Waals surface area contributed by atoms with Gasteiger partial charge in [0, 0.05) is 5.56 Å². The Hall–Kier alpha value is -2.20. The van der Waals surface area contributed by atoms with E-state index in [9.17, 15) is 9.90 Å². The van der Waals surface area contributed by atoms with Gasteiger partial charge in [-0.25, -0.2) is 4.79 Å². The number of phenols is 1. The van der Waals surface area contributed by atoms with Crippen molar-refractivity contribution in [2.75, 3.05) is 12.3 Å². The zero-order valence-corrected chi connectivity index (χ0v) is 11.8. The van der Waals surface area contributed by atoms with Gasteiger partial charge < -0.3 is 15.6 Å². The zero-order chi connectivity index (χ0) is 13.8. The molecule has 0 fully saturated rings. The molecular formula is C15H16ClNO3. The summed E-state index contributed by atoms with van der Waals surface area (Å²) in [5.74, 6) is -0.365. The van der Waals surface area contributed by atoms with Crippen molar-refractivity contribution in [3.63, 3.8) is 0 Å². The summed E-state index contributed by atoms with van der Waals surface area (Å²) >= 11 is 0. The highest BCUT2D eigenvalue weighted by Gasteiger charge is 2.11. The number of halogens is 1. The van der Waals surface area contributed by atoms with Gasteiger partial charge in [-0.05, 0) is 30.7 Å². The van der Waals surface area contributed by atoms with Gasteiger partial charge in [-0.15, -0.1) is 12.4 Å². The molecule has 20 heavy (non-hydrogen) atoms. The number of rotatable bonds is 3. The molecule has 0 saturated heterocycles. The summed E-state index contributed by atoms with van der Waals surface area (Å²) in [7, 11) is 0. The molecule has 106 valence electrons. The molecule has 0 aliphatic carbocycles. The first-order chi connectivity index (χ1) is 9.13. The fraction of sp³-hybridized carbons (Fsp3) is 0.133. The average Bonchev–Trinajstić information content (AvgIpc) is 2.42. The Balaban J connectivity index is 0.00000200. The Bertz CT molecular complexity index is 614. The van der Waals surface area contributed by atoms with Crippen LogP contribution in [0.2, 0.25) is 0 Å². The molecule has 0 spiro atoms. The highest BCUT2D eigenvalue weighted by Crippen LogP contribution is 2.33. The van der Waals surface area contributed by atoms with E-state index in [2.05, 4.69) is 0 Å². The summed E-state index contributed by atoms with van der Waals surface area (Å²) in [6.07, 6.45) is 0. The SMILES string of the molecule is CCOC(=O)c1cccc(-c2cccc(N)c2O)c1.Cl. The normalized spacial score (nSPS) is 9.65. The van der Waals surface area contributed by atoms with Crippen LogP contribution < -0.4 is 5.73 Å². The molecule has 0 heterocycles. The summed E-state index contributed by atoms with van der Waals surface area (Å²) in [5.41, 5.74) is 7.72. The van der Waals surface area contributed by atoms with E-state index in [0.717, 1.165) is 5.56 Å². The smallest absolute Gasteiger partial charge is 0.338 e. The molecule has 0 bridgehead atoms. The van der Waals surface area contributed by atoms with Gasteiger partial charge in [0.2, 0.25) is 0 Å². The Labute approximate surface area is 123 Å².